The SMILES string of the molecule is Cc1cc(CN[C@H](C)c2ccccc2)c(C)s1. The van der Waals surface area contributed by atoms with Gasteiger partial charge < -0.3 is 5.32 Å². The Morgan fingerprint density at radius 1 is 1.18 bits per heavy atom. The molecule has 2 aromatic rings. The van der Waals surface area contributed by atoms with Gasteiger partial charge in [0.1, 0.15) is 0 Å². The molecule has 1 heterocycles. The number of benzene rings is 1. The molecule has 1 aromatic heterocycles. The van der Waals surface area contributed by atoms with E-state index in [0.29, 0.717) is 6.04 Å². The van der Waals surface area contributed by atoms with Crippen LogP contribution >= 0.6 is 11.3 Å². The predicted octanol–water partition coefficient (Wildman–Crippen LogP) is 4.22. The third-order valence-corrected chi connectivity index (χ3v) is 4.05. The Morgan fingerprint density at radius 3 is 2.47 bits per heavy atom. The lowest BCUT2D eigenvalue weighted by Crippen LogP contribution is -2.18. The monoisotopic (exact) mass is 245 g/mol. The Morgan fingerprint density at radius 2 is 1.88 bits per heavy atom. The minimum Gasteiger partial charge on any atom is -0.306 e. The number of rotatable bonds is 4. The van der Waals surface area contributed by atoms with E-state index in [1.165, 1.54) is 20.9 Å². The van der Waals surface area contributed by atoms with Crippen LogP contribution in [0.3, 0.4) is 0 Å². The van der Waals surface area contributed by atoms with Crippen molar-refractivity contribution in [3.63, 3.8) is 0 Å². The van der Waals surface area contributed by atoms with Crippen LogP contribution in [0.4, 0.5) is 0 Å². The van der Waals surface area contributed by atoms with Crippen molar-refractivity contribution in [3.05, 3.63) is 57.3 Å². The van der Waals surface area contributed by atoms with Gasteiger partial charge in [0.05, 0.1) is 0 Å². The summed E-state index contributed by atoms with van der Waals surface area (Å²) < 4.78 is 0. The average molecular weight is 245 g/mol. The van der Waals surface area contributed by atoms with Gasteiger partial charge in [0, 0.05) is 22.3 Å². The molecule has 17 heavy (non-hydrogen) atoms. The van der Waals surface area contributed by atoms with Crippen molar-refractivity contribution in [2.45, 2.75) is 33.4 Å². The van der Waals surface area contributed by atoms with E-state index in [-0.39, 0.29) is 0 Å². The number of aryl methyl sites for hydroxylation is 2. The topological polar surface area (TPSA) is 12.0 Å². The summed E-state index contributed by atoms with van der Waals surface area (Å²) in [7, 11) is 0. The van der Waals surface area contributed by atoms with Gasteiger partial charge in [0.15, 0.2) is 0 Å². The normalized spacial score (nSPS) is 12.6. The lowest BCUT2D eigenvalue weighted by molar-refractivity contribution is 0.574. The van der Waals surface area contributed by atoms with Gasteiger partial charge in [-0.25, -0.2) is 0 Å². The van der Waals surface area contributed by atoms with E-state index >= 15 is 0 Å². The van der Waals surface area contributed by atoms with Gasteiger partial charge in [0.2, 0.25) is 0 Å². The van der Waals surface area contributed by atoms with Crippen molar-refractivity contribution in [3.8, 4) is 0 Å². The van der Waals surface area contributed by atoms with Crippen LogP contribution in [-0.2, 0) is 6.54 Å². The summed E-state index contributed by atoms with van der Waals surface area (Å²) >= 11 is 1.88. The summed E-state index contributed by atoms with van der Waals surface area (Å²) in [6, 6.07) is 13.3. The summed E-state index contributed by atoms with van der Waals surface area (Å²) in [6.07, 6.45) is 0. The van der Waals surface area contributed by atoms with Crippen LogP contribution in [-0.4, -0.2) is 0 Å². The van der Waals surface area contributed by atoms with E-state index in [1.54, 1.807) is 0 Å². The molecule has 0 aliphatic carbocycles. The second-order valence-corrected chi connectivity index (χ2v) is 5.91. The summed E-state index contributed by atoms with van der Waals surface area (Å²) in [6.45, 7) is 7.53. The molecule has 1 atom stereocenters. The average Bonchev–Trinajstić information content (AvgIpc) is 2.66. The Labute approximate surface area is 108 Å². The second-order valence-electron chi connectivity index (χ2n) is 4.45. The third-order valence-electron chi connectivity index (χ3n) is 3.04. The molecule has 0 spiro atoms. The fourth-order valence-electron chi connectivity index (χ4n) is 1.98. The van der Waals surface area contributed by atoms with Crippen LogP contribution in [0.15, 0.2) is 36.4 Å². The van der Waals surface area contributed by atoms with E-state index in [2.05, 4.69) is 62.5 Å². The first-order chi connectivity index (χ1) is 8.16. The summed E-state index contributed by atoms with van der Waals surface area (Å²) in [5, 5.41) is 3.58. The van der Waals surface area contributed by atoms with Crippen LogP contribution in [0.5, 0.6) is 0 Å². The lowest BCUT2D eigenvalue weighted by Gasteiger charge is -2.14. The van der Waals surface area contributed by atoms with E-state index < -0.39 is 0 Å². The quantitative estimate of drug-likeness (QED) is 0.850. The highest BCUT2D eigenvalue weighted by atomic mass is 32.1. The molecule has 90 valence electrons. The van der Waals surface area contributed by atoms with E-state index in [1.807, 2.05) is 11.3 Å². The van der Waals surface area contributed by atoms with Crippen molar-refractivity contribution in [1.29, 1.82) is 0 Å². The van der Waals surface area contributed by atoms with Crippen molar-refractivity contribution in [2.24, 2.45) is 0 Å². The van der Waals surface area contributed by atoms with Crippen molar-refractivity contribution < 1.29 is 0 Å². The van der Waals surface area contributed by atoms with Crippen LogP contribution < -0.4 is 5.32 Å². The first kappa shape index (κ1) is 12.3. The van der Waals surface area contributed by atoms with E-state index in [9.17, 15) is 0 Å². The molecule has 0 saturated heterocycles. The van der Waals surface area contributed by atoms with Crippen molar-refractivity contribution in [1.82, 2.24) is 5.32 Å². The zero-order valence-electron chi connectivity index (χ0n) is 10.7. The van der Waals surface area contributed by atoms with E-state index in [4.69, 9.17) is 0 Å². The molecule has 0 fully saturated rings. The first-order valence-electron chi connectivity index (χ1n) is 6.01. The summed E-state index contributed by atoms with van der Waals surface area (Å²) in [5.74, 6) is 0. The third kappa shape index (κ3) is 3.18. The van der Waals surface area contributed by atoms with Gasteiger partial charge in [-0.1, -0.05) is 30.3 Å². The van der Waals surface area contributed by atoms with Crippen LogP contribution in [0.1, 0.15) is 33.8 Å². The maximum atomic E-state index is 3.58. The minimum atomic E-state index is 0.399. The molecular formula is C15H19NS. The molecule has 0 amide bonds. The largest absolute Gasteiger partial charge is 0.306 e. The fourth-order valence-corrected chi connectivity index (χ4v) is 2.93. The number of thiophene rings is 1. The van der Waals surface area contributed by atoms with Crippen molar-refractivity contribution in [2.75, 3.05) is 0 Å². The molecule has 0 bridgehead atoms. The standard InChI is InChI=1S/C15H19NS/c1-11-9-15(13(3)17-11)10-16-12(2)14-7-5-4-6-8-14/h4-9,12,16H,10H2,1-3H3/t12-/m1/s1. The molecule has 2 rings (SSSR count). The minimum absolute atomic E-state index is 0.399. The lowest BCUT2D eigenvalue weighted by atomic mass is 10.1. The Bertz CT molecular complexity index is 473. The summed E-state index contributed by atoms with van der Waals surface area (Å²) in [4.78, 5) is 2.82. The van der Waals surface area contributed by atoms with Gasteiger partial charge in [0.25, 0.3) is 0 Å². The number of hydrogen-bond donors (Lipinski definition) is 1. The smallest absolute Gasteiger partial charge is 0.0294 e. The molecule has 0 radical (unpaired) electrons. The zero-order chi connectivity index (χ0) is 12.3. The highest BCUT2D eigenvalue weighted by Crippen LogP contribution is 2.21. The molecule has 1 N–H and O–H groups in total. The highest BCUT2D eigenvalue weighted by molar-refractivity contribution is 7.12. The molecular weight excluding hydrogens is 226 g/mol. The van der Waals surface area contributed by atoms with E-state index in [0.717, 1.165) is 6.54 Å². The fraction of sp³-hybridized carbons (Fsp3) is 0.333. The van der Waals surface area contributed by atoms with Crippen LogP contribution in [0, 0.1) is 13.8 Å². The van der Waals surface area contributed by atoms with Gasteiger partial charge >= 0.3 is 0 Å². The highest BCUT2D eigenvalue weighted by Gasteiger charge is 2.06. The predicted molar refractivity (Wildman–Crippen MR) is 75.5 cm³/mol. The maximum Gasteiger partial charge on any atom is 0.0294 e. The molecule has 0 aliphatic heterocycles. The van der Waals surface area contributed by atoms with Gasteiger partial charge in [-0.2, -0.15) is 0 Å². The van der Waals surface area contributed by atoms with Crippen molar-refractivity contribution >= 4 is 11.3 Å². The molecule has 0 aliphatic rings. The Hall–Kier alpha value is -1.12. The van der Waals surface area contributed by atoms with Crippen LogP contribution in [0.25, 0.3) is 0 Å². The molecule has 1 nitrogen and oxygen atoms in total. The number of hydrogen-bond acceptors (Lipinski definition) is 2. The summed E-state index contributed by atoms with van der Waals surface area (Å²) in [5.41, 5.74) is 2.77. The number of nitrogens with one attached hydrogen (secondary N) is 1. The van der Waals surface area contributed by atoms with Gasteiger partial charge in [-0.05, 0) is 38.0 Å². The molecule has 1 aromatic carbocycles. The van der Waals surface area contributed by atoms with Gasteiger partial charge in [-0.15, -0.1) is 11.3 Å². The molecule has 0 unspecified atom stereocenters. The first-order valence-corrected chi connectivity index (χ1v) is 6.82. The molecule has 2 heteroatoms. The Kier molecular flexibility index (Phi) is 3.97. The zero-order valence-corrected chi connectivity index (χ0v) is 11.5. The molecule has 0 saturated carbocycles. The van der Waals surface area contributed by atoms with Gasteiger partial charge in [-0.3, -0.25) is 0 Å². The second kappa shape index (κ2) is 5.48. The van der Waals surface area contributed by atoms with Crippen LogP contribution in [0.2, 0.25) is 0 Å². The Balaban J connectivity index is 1.97. The maximum absolute atomic E-state index is 3.58.